The van der Waals surface area contributed by atoms with E-state index in [-0.39, 0.29) is 12.3 Å². The molecule has 2 aromatic rings. The number of allylic oxidation sites excluding steroid dienone is 1. The summed E-state index contributed by atoms with van der Waals surface area (Å²) in [5, 5.41) is 0.310. The van der Waals surface area contributed by atoms with Crippen molar-refractivity contribution in [1.29, 1.82) is 0 Å². The molecule has 0 N–H and O–H groups in total. The fraction of sp³-hybridized carbons (Fsp3) is 0.211. The van der Waals surface area contributed by atoms with Crippen LogP contribution in [0.15, 0.2) is 48.5 Å². The Morgan fingerprint density at radius 1 is 1.15 bits per heavy atom. The van der Waals surface area contributed by atoms with Gasteiger partial charge in [0.15, 0.2) is 0 Å². The number of nitrogens with zero attached hydrogens (tertiary/aromatic N) is 1. The number of carbonyl (C=O) groups excluding carboxylic acids is 1. The van der Waals surface area contributed by atoms with Gasteiger partial charge in [-0.15, -0.1) is 0 Å². The molecule has 0 aromatic heterocycles. The van der Waals surface area contributed by atoms with E-state index in [1.807, 2.05) is 36.4 Å². The Balaban J connectivity index is 2.30. The predicted octanol–water partition coefficient (Wildman–Crippen LogP) is 4.76. The van der Waals surface area contributed by atoms with Gasteiger partial charge in [0.2, 0.25) is 0 Å². The summed E-state index contributed by atoms with van der Waals surface area (Å²) >= 11 is 6.11. The fourth-order valence-corrected chi connectivity index (χ4v) is 2.29. The Kier molecular flexibility index (Phi) is 6.32. The van der Waals surface area contributed by atoms with Gasteiger partial charge in [-0.05, 0) is 17.7 Å². The maximum atomic E-state index is 12.6. The molecule has 0 aliphatic carbocycles. The zero-order valence-corrected chi connectivity index (χ0v) is 14.9. The summed E-state index contributed by atoms with van der Waals surface area (Å²) in [5.74, 6) is -1.75. The molecular formula is C19H16ClF3NO2. The topological polar surface area (TPSA) is 29.5 Å². The predicted molar refractivity (Wildman–Crippen MR) is 93.6 cm³/mol. The van der Waals surface area contributed by atoms with E-state index in [1.54, 1.807) is 0 Å². The molecule has 7 heteroatoms. The number of hydrogen-bond donors (Lipinski definition) is 0. The molecule has 0 bridgehead atoms. The van der Waals surface area contributed by atoms with Gasteiger partial charge in [-0.25, -0.2) is 0 Å². The van der Waals surface area contributed by atoms with E-state index in [1.165, 1.54) is 37.2 Å². The molecular weight excluding hydrogens is 367 g/mol. The van der Waals surface area contributed by atoms with Crippen LogP contribution in [-0.2, 0) is 11.4 Å². The first-order valence-corrected chi connectivity index (χ1v) is 7.95. The Hall–Kier alpha value is -2.47. The molecule has 0 aliphatic rings. The number of ether oxygens (including phenoxy) is 1. The lowest BCUT2D eigenvalue weighted by atomic mass is 10.1. The second kappa shape index (κ2) is 8.27. The van der Waals surface area contributed by atoms with Crippen LogP contribution in [0, 0.1) is 6.08 Å². The lowest BCUT2D eigenvalue weighted by molar-refractivity contribution is -0.166. The minimum atomic E-state index is -4.99. The second-order valence-corrected chi connectivity index (χ2v) is 6.02. The highest BCUT2D eigenvalue weighted by Crippen LogP contribution is 2.30. The summed E-state index contributed by atoms with van der Waals surface area (Å²) in [6.07, 6.45) is -3.11. The monoisotopic (exact) mass is 382 g/mol. The van der Waals surface area contributed by atoms with Crippen LogP contribution in [0.4, 0.5) is 13.2 Å². The van der Waals surface area contributed by atoms with Gasteiger partial charge in [-0.3, -0.25) is 4.79 Å². The van der Waals surface area contributed by atoms with Crippen LogP contribution >= 0.6 is 11.6 Å². The summed E-state index contributed by atoms with van der Waals surface area (Å²) in [5.41, 5.74) is 1.23. The van der Waals surface area contributed by atoms with Crippen LogP contribution in [0.25, 0.3) is 5.70 Å². The number of Topliss-reactive ketones (excluding diaryl/α,β-unsaturated/α-hetero) is 1. The molecule has 0 aliphatic heterocycles. The number of halogens is 4. The maximum Gasteiger partial charge on any atom is 0.454 e. The van der Waals surface area contributed by atoms with Crippen molar-refractivity contribution in [3.63, 3.8) is 0 Å². The molecule has 0 saturated heterocycles. The molecule has 26 heavy (non-hydrogen) atoms. The normalized spacial score (nSPS) is 12.0. The average Bonchev–Trinajstić information content (AvgIpc) is 2.58. The molecule has 0 fully saturated rings. The summed E-state index contributed by atoms with van der Waals surface area (Å²) < 4.78 is 43.3. The van der Waals surface area contributed by atoms with Gasteiger partial charge in [0, 0.05) is 19.7 Å². The first-order chi connectivity index (χ1) is 12.2. The summed E-state index contributed by atoms with van der Waals surface area (Å²) in [7, 11) is 3.04. The van der Waals surface area contributed by atoms with E-state index >= 15 is 0 Å². The van der Waals surface area contributed by atoms with Crippen molar-refractivity contribution in [3.8, 4) is 5.75 Å². The van der Waals surface area contributed by atoms with E-state index in [0.29, 0.717) is 16.3 Å². The molecule has 0 amide bonds. The van der Waals surface area contributed by atoms with Crippen LogP contribution in [0.1, 0.15) is 11.1 Å². The third kappa shape index (κ3) is 5.26. The van der Waals surface area contributed by atoms with E-state index < -0.39 is 12.0 Å². The average molecular weight is 383 g/mol. The minimum absolute atomic E-state index is 0.0199. The van der Waals surface area contributed by atoms with Gasteiger partial charge in [-0.1, -0.05) is 48.0 Å². The Labute approximate surface area is 154 Å². The molecule has 2 aromatic carbocycles. The molecule has 0 atom stereocenters. The summed E-state index contributed by atoms with van der Waals surface area (Å²) in [6.45, 7) is 0.246. The largest absolute Gasteiger partial charge is 0.487 e. The molecule has 0 heterocycles. The summed E-state index contributed by atoms with van der Waals surface area (Å²) in [4.78, 5) is 12.6. The molecule has 0 spiro atoms. The van der Waals surface area contributed by atoms with Gasteiger partial charge in [0.25, 0.3) is 5.78 Å². The van der Waals surface area contributed by atoms with Gasteiger partial charge in [-0.2, -0.15) is 13.2 Å². The van der Waals surface area contributed by atoms with E-state index in [0.717, 1.165) is 5.56 Å². The Bertz CT molecular complexity index is 802. The third-order valence-corrected chi connectivity index (χ3v) is 3.69. The van der Waals surface area contributed by atoms with Crippen molar-refractivity contribution < 1.29 is 22.7 Å². The van der Waals surface area contributed by atoms with Gasteiger partial charge >= 0.3 is 6.18 Å². The number of rotatable bonds is 6. The van der Waals surface area contributed by atoms with Crippen LogP contribution in [0.5, 0.6) is 5.75 Å². The lowest BCUT2D eigenvalue weighted by Gasteiger charge is -2.18. The van der Waals surface area contributed by atoms with E-state index in [4.69, 9.17) is 16.3 Å². The van der Waals surface area contributed by atoms with Crippen LogP contribution in [0.2, 0.25) is 5.02 Å². The number of carbonyl (C=O) groups is 1. The van der Waals surface area contributed by atoms with E-state index in [2.05, 4.69) is 0 Å². The highest BCUT2D eigenvalue weighted by atomic mass is 35.5. The molecule has 0 saturated carbocycles. The molecule has 137 valence electrons. The number of benzene rings is 2. The zero-order chi connectivity index (χ0) is 19.3. The van der Waals surface area contributed by atoms with Crippen molar-refractivity contribution >= 4 is 23.1 Å². The Morgan fingerprint density at radius 2 is 1.81 bits per heavy atom. The second-order valence-electron chi connectivity index (χ2n) is 5.61. The number of hydrogen-bond acceptors (Lipinski definition) is 3. The highest BCUT2D eigenvalue weighted by Gasteiger charge is 2.37. The lowest BCUT2D eigenvalue weighted by Crippen LogP contribution is -2.23. The first-order valence-electron chi connectivity index (χ1n) is 7.57. The number of ketones is 1. The fourth-order valence-electron chi connectivity index (χ4n) is 2.12. The van der Waals surface area contributed by atoms with Gasteiger partial charge in [0.05, 0.1) is 16.8 Å². The van der Waals surface area contributed by atoms with Crippen molar-refractivity contribution in [2.45, 2.75) is 12.8 Å². The van der Waals surface area contributed by atoms with Gasteiger partial charge < -0.3 is 9.64 Å². The molecule has 2 rings (SSSR count). The Morgan fingerprint density at radius 3 is 2.38 bits per heavy atom. The molecule has 3 nitrogen and oxygen atoms in total. The van der Waals surface area contributed by atoms with Crippen LogP contribution < -0.4 is 4.74 Å². The SMILES string of the molecule is CN(C)/C(=[C]\C(=O)C(F)(F)F)c1ccc(Cl)c(OCc2ccccc2)c1. The molecule has 1 radical (unpaired) electrons. The first kappa shape index (κ1) is 19.8. The van der Waals surface area contributed by atoms with Gasteiger partial charge in [0.1, 0.15) is 12.4 Å². The highest BCUT2D eigenvalue weighted by molar-refractivity contribution is 6.32. The van der Waals surface area contributed by atoms with Crippen LogP contribution in [-0.4, -0.2) is 31.0 Å². The smallest absolute Gasteiger partial charge is 0.454 e. The minimum Gasteiger partial charge on any atom is -0.487 e. The van der Waals surface area contributed by atoms with E-state index in [9.17, 15) is 18.0 Å². The third-order valence-electron chi connectivity index (χ3n) is 3.38. The summed E-state index contributed by atoms with van der Waals surface area (Å²) in [6, 6.07) is 13.8. The molecule has 0 unspecified atom stereocenters. The quantitative estimate of drug-likeness (QED) is 0.675. The van der Waals surface area contributed by atoms with Crippen molar-refractivity contribution in [2.24, 2.45) is 0 Å². The zero-order valence-electron chi connectivity index (χ0n) is 14.1. The maximum absolute atomic E-state index is 12.6. The van der Waals surface area contributed by atoms with Crippen molar-refractivity contribution in [1.82, 2.24) is 4.90 Å². The van der Waals surface area contributed by atoms with Crippen molar-refractivity contribution in [2.75, 3.05) is 14.1 Å². The number of alkyl halides is 3. The standard InChI is InChI=1S/C19H16ClF3NO2/c1-24(2)16(11-18(25)19(21,22)23)14-8-9-15(20)17(10-14)26-12-13-6-4-3-5-7-13/h3-10H,12H2,1-2H3. The van der Waals surface area contributed by atoms with Crippen LogP contribution in [0.3, 0.4) is 0 Å². The van der Waals surface area contributed by atoms with Crippen molar-refractivity contribution in [3.05, 3.63) is 70.8 Å².